The maximum Gasteiger partial charge on any atom is 0.350 e. The van der Waals surface area contributed by atoms with Gasteiger partial charge in [0.05, 0.1) is 23.2 Å². The zero-order chi connectivity index (χ0) is 26.8. The molecule has 0 bridgehead atoms. The van der Waals surface area contributed by atoms with Crippen LogP contribution in [0.4, 0.5) is 30.2 Å². The van der Waals surface area contributed by atoms with Crippen LogP contribution in [0.25, 0.3) is 5.70 Å². The molecule has 2 unspecified atom stereocenters. The summed E-state index contributed by atoms with van der Waals surface area (Å²) in [6, 6.07) is 6.26. The molecule has 0 radical (unpaired) electrons. The molecular weight excluding hydrogens is 546 g/mol. The van der Waals surface area contributed by atoms with Gasteiger partial charge in [-0.05, 0) is 43.7 Å². The Kier molecular flexibility index (Phi) is 8.43. The van der Waals surface area contributed by atoms with Gasteiger partial charge in [0.1, 0.15) is 15.8 Å². The maximum atomic E-state index is 15.0. The fraction of sp³-hybridized carbons (Fsp3) is 0.261. The van der Waals surface area contributed by atoms with Gasteiger partial charge in [-0.3, -0.25) is 9.59 Å². The van der Waals surface area contributed by atoms with Crippen LogP contribution in [0, 0.1) is 17.6 Å². The van der Waals surface area contributed by atoms with Gasteiger partial charge < -0.3 is 20.7 Å². The minimum absolute atomic E-state index is 0.0456. The summed E-state index contributed by atoms with van der Waals surface area (Å²) >= 11 is 18.0. The minimum atomic E-state index is -2.79. The Labute approximate surface area is 218 Å². The molecule has 0 aromatic heterocycles. The van der Waals surface area contributed by atoms with Crippen molar-refractivity contribution < 1.29 is 32.3 Å². The lowest BCUT2D eigenvalue weighted by atomic mass is 10.1. The van der Waals surface area contributed by atoms with Crippen LogP contribution in [0.2, 0.25) is 5.02 Å². The molecule has 36 heavy (non-hydrogen) atoms. The summed E-state index contributed by atoms with van der Waals surface area (Å²) in [6.45, 7) is 4.99. The number of benzene rings is 2. The first-order valence-electron chi connectivity index (χ1n) is 10.4. The molecule has 13 heteroatoms. The summed E-state index contributed by atoms with van der Waals surface area (Å²) in [6.07, 6.45) is -2.48. The van der Waals surface area contributed by atoms with Gasteiger partial charge >= 0.3 is 5.97 Å². The van der Waals surface area contributed by atoms with Crippen molar-refractivity contribution in [2.75, 3.05) is 22.6 Å². The molecule has 0 saturated heterocycles. The summed E-state index contributed by atoms with van der Waals surface area (Å²) in [5, 5.41) is 7.13. The molecule has 2 aromatic rings. The number of rotatable bonds is 9. The average molecular weight is 565 g/mol. The van der Waals surface area contributed by atoms with Crippen molar-refractivity contribution in [3.63, 3.8) is 0 Å². The molecule has 3 N–H and O–H groups in total. The molecule has 192 valence electrons. The Balaban J connectivity index is 1.77. The normalized spacial score (nSPS) is 16.5. The highest BCUT2D eigenvalue weighted by atomic mass is 35.5. The first kappa shape index (κ1) is 27.6. The van der Waals surface area contributed by atoms with Crippen molar-refractivity contribution in [3.05, 3.63) is 59.1 Å². The molecule has 2 aromatic carbocycles. The third-order valence-electron chi connectivity index (χ3n) is 5.05. The van der Waals surface area contributed by atoms with E-state index < -0.39 is 51.5 Å². The fourth-order valence-corrected chi connectivity index (χ4v) is 3.80. The van der Waals surface area contributed by atoms with Crippen LogP contribution in [0.15, 0.2) is 36.9 Å². The molecule has 3 rings (SSSR count). The van der Waals surface area contributed by atoms with Gasteiger partial charge in [-0.2, -0.15) is 0 Å². The summed E-state index contributed by atoms with van der Waals surface area (Å²) in [5.41, 5.74) is -0.704. The van der Waals surface area contributed by atoms with E-state index in [0.29, 0.717) is 12.1 Å². The zero-order valence-electron chi connectivity index (χ0n) is 18.6. The lowest BCUT2D eigenvalue weighted by molar-refractivity contribution is -0.152. The van der Waals surface area contributed by atoms with Crippen molar-refractivity contribution in [2.45, 2.75) is 23.8 Å². The highest BCUT2D eigenvalue weighted by Gasteiger charge is 2.56. The van der Waals surface area contributed by atoms with Crippen LogP contribution in [-0.2, 0) is 19.1 Å². The van der Waals surface area contributed by atoms with E-state index in [2.05, 4.69) is 21.9 Å². The molecule has 0 aliphatic heterocycles. The van der Waals surface area contributed by atoms with Crippen LogP contribution in [0.5, 0.6) is 0 Å². The summed E-state index contributed by atoms with van der Waals surface area (Å²) in [5.74, 6) is -6.59. The number of halogens is 6. The van der Waals surface area contributed by atoms with Crippen LogP contribution >= 0.6 is 34.8 Å². The molecule has 0 spiro atoms. The number of amides is 2. The monoisotopic (exact) mass is 563 g/mol. The van der Waals surface area contributed by atoms with Gasteiger partial charge in [-0.1, -0.05) is 18.2 Å². The third kappa shape index (κ3) is 6.24. The van der Waals surface area contributed by atoms with E-state index in [0.717, 1.165) is 12.1 Å². The lowest BCUT2D eigenvalue weighted by Crippen LogP contribution is -2.33. The predicted octanol–water partition coefficient (Wildman–Crippen LogP) is 5.67. The molecular formula is C23H19Cl3F3N3O4. The van der Waals surface area contributed by atoms with Gasteiger partial charge in [-0.15, -0.1) is 23.2 Å². The van der Waals surface area contributed by atoms with Gasteiger partial charge in [0.15, 0.2) is 5.82 Å². The molecule has 1 aliphatic rings. The van der Waals surface area contributed by atoms with E-state index >= 15 is 0 Å². The number of hydrogen-bond acceptors (Lipinski definition) is 5. The van der Waals surface area contributed by atoms with Crippen molar-refractivity contribution in [1.82, 2.24) is 0 Å². The molecule has 1 aliphatic carbocycles. The number of carbonyl (C=O) groups is 3. The number of carbonyl (C=O) groups excluding carboxylic acids is 3. The van der Waals surface area contributed by atoms with Crippen LogP contribution < -0.4 is 16.0 Å². The topological polar surface area (TPSA) is 96.5 Å². The second-order valence-corrected chi connectivity index (χ2v) is 9.64. The standard InChI is InChI=1S/C23H19Cl3F3N3O4/c1-3-36-22(35)18(29)21(34)32-19-15(27)6-7-16(17(19)28)30-10(2)12-8-11(4-5-14(12)24)31-20(33)13-9-23(13,25)26/h4-8,13,18,30H,2-3,9H2,1H3,(H,31,33)(H,32,34). The van der Waals surface area contributed by atoms with Gasteiger partial charge in [0.2, 0.25) is 5.91 Å². The molecule has 2 amide bonds. The number of esters is 1. The SMILES string of the molecule is C=C(Nc1ccc(F)c(NC(=O)C(F)C(=O)OCC)c1F)c1cc(NC(=O)C2CC2(Cl)Cl)ccc1Cl. The summed E-state index contributed by atoms with van der Waals surface area (Å²) < 4.78 is 46.4. The van der Waals surface area contributed by atoms with Crippen LogP contribution in [0.3, 0.4) is 0 Å². The van der Waals surface area contributed by atoms with Gasteiger partial charge in [0, 0.05) is 16.9 Å². The maximum absolute atomic E-state index is 15.0. The predicted molar refractivity (Wildman–Crippen MR) is 132 cm³/mol. The molecule has 1 fully saturated rings. The van der Waals surface area contributed by atoms with Crippen molar-refractivity contribution in [1.29, 1.82) is 0 Å². The first-order valence-corrected chi connectivity index (χ1v) is 11.5. The third-order valence-corrected chi connectivity index (χ3v) is 6.22. The van der Waals surface area contributed by atoms with E-state index in [1.165, 1.54) is 25.1 Å². The summed E-state index contributed by atoms with van der Waals surface area (Å²) in [7, 11) is 0. The Morgan fingerprint density at radius 3 is 2.44 bits per heavy atom. The van der Waals surface area contributed by atoms with Gasteiger partial charge in [0.25, 0.3) is 12.1 Å². The van der Waals surface area contributed by atoms with E-state index in [1.54, 1.807) is 5.32 Å². The average Bonchev–Trinajstić information content (AvgIpc) is 3.47. The van der Waals surface area contributed by atoms with E-state index in [-0.39, 0.29) is 28.6 Å². The molecule has 7 nitrogen and oxygen atoms in total. The first-order chi connectivity index (χ1) is 16.9. The molecule has 1 saturated carbocycles. The number of anilines is 3. The highest BCUT2D eigenvalue weighted by Crippen LogP contribution is 2.53. The van der Waals surface area contributed by atoms with Crippen molar-refractivity contribution >= 4 is 75.3 Å². The Morgan fingerprint density at radius 1 is 1.17 bits per heavy atom. The van der Waals surface area contributed by atoms with Crippen molar-refractivity contribution in [2.24, 2.45) is 5.92 Å². The Hall–Kier alpha value is -2.95. The Bertz CT molecular complexity index is 1240. The second-order valence-electron chi connectivity index (χ2n) is 7.69. The molecule has 2 atom stereocenters. The molecule has 0 heterocycles. The lowest BCUT2D eigenvalue weighted by Gasteiger charge is -2.16. The van der Waals surface area contributed by atoms with Crippen molar-refractivity contribution in [3.8, 4) is 0 Å². The van der Waals surface area contributed by atoms with E-state index in [9.17, 15) is 27.6 Å². The van der Waals surface area contributed by atoms with E-state index in [1.807, 2.05) is 0 Å². The second kappa shape index (κ2) is 11.0. The van der Waals surface area contributed by atoms with Crippen LogP contribution in [0.1, 0.15) is 18.9 Å². The quantitative estimate of drug-likeness (QED) is 0.207. The zero-order valence-corrected chi connectivity index (χ0v) is 20.8. The summed E-state index contributed by atoms with van der Waals surface area (Å²) in [4.78, 5) is 35.6. The van der Waals surface area contributed by atoms with Crippen LogP contribution in [-0.4, -0.2) is 34.9 Å². The number of ether oxygens (including phenoxy) is 1. The number of nitrogens with one attached hydrogen (secondary N) is 3. The Morgan fingerprint density at radius 2 is 1.83 bits per heavy atom. The smallest absolute Gasteiger partial charge is 0.350 e. The minimum Gasteiger partial charge on any atom is -0.463 e. The largest absolute Gasteiger partial charge is 0.463 e. The van der Waals surface area contributed by atoms with E-state index in [4.69, 9.17) is 34.8 Å². The number of alkyl halides is 3. The highest BCUT2D eigenvalue weighted by molar-refractivity contribution is 6.52. The fourth-order valence-electron chi connectivity index (χ4n) is 3.06. The van der Waals surface area contributed by atoms with Gasteiger partial charge in [-0.25, -0.2) is 18.0 Å². The number of hydrogen-bond donors (Lipinski definition) is 3.